The summed E-state index contributed by atoms with van der Waals surface area (Å²) >= 11 is 1.09. The van der Waals surface area contributed by atoms with Gasteiger partial charge in [0.25, 0.3) is 5.78 Å². The lowest BCUT2D eigenvalue weighted by molar-refractivity contribution is -0.132. The molecular formula is C29H25N3O6S. The predicted molar refractivity (Wildman–Crippen MR) is 147 cm³/mol. The summed E-state index contributed by atoms with van der Waals surface area (Å²) in [5.74, 6) is -2.34. The number of benzene rings is 2. The van der Waals surface area contributed by atoms with Crippen LogP contribution in [0.25, 0.3) is 16.0 Å². The van der Waals surface area contributed by atoms with Crippen molar-refractivity contribution in [1.82, 2.24) is 9.97 Å². The van der Waals surface area contributed by atoms with E-state index in [1.165, 1.54) is 23.2 Å². The zero-order valence-corrected chi connectivity index (χ0v) is 22.2. The third-order valence-corrected chi connectivity index (χ3v) is 7.50. The summed E-state index contributed by atoms with van der Waals surface area (Å²) in [4.78, 5) is 48.3. The minimum absolute atomic E-state index is 0.0780. The molecule has 0 saturated carbocycles. The molecular weight excluding hydrogens is 518 g/mol. The Morgan fingerprint density at radius 1 is 1.10 bits per heavy atom. The van der Waals surface area contributed by atoms with Gasteiger partial charge in [-0.25, -0.2) is 9.78 Å². The van der Waals surface area contributed by atoms with Crippen LogP contribution in [0.3, 0.4) is 0 Å². The average Bonchev–Trinajstić information content (AvgIpc) is 3.46. The number of hydrogen-bond donors (Lipinski definition) is 2. The topological polar surface area (TPSA) is 130 Å². The van der Waals surface area contributed by atoms with Gasteiger partial charge >= 0.3 is 11.9 Å². The van der Waals surface area contributed by atoms with Gasteiger partial charge in [0.05, 0.1) is 34.0 Å². The van der Waals surface area contributed by atoms with Gasteiger partial charge in [-0.1, -0.05) is 31.3 Å². The first-order valence-corrected chi connectivity index (χ1v) is 13.1. The monoisotopic (exact) mass is 543 g/mol. The molecule has 1 amide bonds. The van der Waals surface area contributed by atoms with Crippen LogP contribution in [0.5, 0.6) is 5.75 Å². The fourth-order valence-electron chi connectivity index (χ4n) is 4.62. The summed E-state index contributed by atoms with van der Waals surface area (Å²) < 4.78 is 6.28. The maximum Gasteiger partial charge on any atom is 0.335 e. The maximum atomic E-state index is 13.5. The number of thiazole rings is 1. The second-order valence-corrected chi connectivity index (χ2v) is 10.3. The number of ketones is 1. The molecule has 1 saturated heterocycles. The average molecular weight is 544 g/mol. The number of pyridine rings is 1. The van der Waals surface area contributed by atoms with Gasteiger partial charge in [-0.3, -0.25) is 19.5 Å². The van der Waals surface area contributed by atoms with Gasteiger partial charge in [0, 0.05) is 18.0 Å². The van der Waals surface area contributed by atoms with Crippen LogP contribution in [0.15, 0.2) is 66.5 Å². The number of Topliss-reactive ketones (excluding diaryl/α,β-unsaturated/α-hetero) is 1. The van der Waals surface area contributed by atoms with E-state index in [1.54, 1.807) is 42.6 Å². The Kier molecular flexibility index (Phi) is 6.88. The predicted octanol–water partition coefficient (Wildman–Crippen LogP) is 5.54. The Bertz CT molecular complexity index is 1640. The zero-order valence-electron chi connectivity index (χ0n) is 21.4. The Hall–Kier alpha value is -4.57. The maximum absolute atomic E-state index is 13.5. The van der Waals surface area contributed by atoms with Gasteiger partial charge in [-0.05, 0) is 66.4 Å². The highest BCUT2D eigenvalue weighted by molar-refractivity contribution is 7.22. The number of carboxylic acids is 1. The summed E-state index contributed by atoms with van der Waals surface area (Å²) in [5.41, 5.74) is 2.23. The molecule has 1 atom stereocenters. The van der Waals surface area contributed by atoms with Crippen LogP contribution in [0.1, 0.15) is 59.8 Å². The van der Waals surface area contributed by atoms with Crippen molar-refractivity contribution in [3.05, 3.63) is 88.8 Å². The summed E-state index contributed by atoms with van der Waals surface area (Å²) in [6.45, 7) is 6.36. The highest BCUT2D eigenvalue weighted by atomic mass is 32.1. The number of amides is 1. The van der Waals surface area contributed by atoms with Crippen molar-refractivity contribution in [2.75, 3.05) is 11.5 Å². The van der Waals surface area contributed by atoms with Crippen molar-refractivity contribution in [3.63, 3.8) is 0 Å². The van der Waals surface area contributed by atoms with E-state index in [0.717, 1.165) is 16.9 Å². The van der Waals surface area contributed by atoms with Gasteiger partial charge in [-0.2, -0.15) is 0 Å². The normalized spacial score (nSPS) is 16.8. The number of hydrogen-bond acceptors (Lipinski definition) is 8. The molecule has 1 fully saturated rings. The lowest BCUT2D eigenvalue weighted by Crippen LogP contribution is -2.29. The molecule has 2 aromatic heterocycles. The molecule has 5 rings (SSSR count). The van der Waals surface area contributed by atoms with E-state index in [4.69, 9.17) is 4.74 Å². The van der Waals surface area contributed by atoms with Gasteiger partial charge < -0.3 is 14.9 Å². The van der Waals surface area contributed by atoms with E-state index < -0.39 is 23.7 Å². The zero-order chi connectivity index (χ0) is 27.8. The number of aliphatic hydroxyl groups is 1. The minimum Gasteiger partial charge on any atom is -0.507 e. The van der Waals surface area contributed by atoms with E-state index in [9.17, 15) is 24.6 Å². The smallest absolute Gasteiger partial charge is 0.335 e. The largest absolute Gasteiger partial charge is 0.507 e. The van der Waals surface area contributed by atoms with Crippen molar-refractivity contribution in [2.24, 2.45) is 0 Å². The van der Waals surface area contributed by atoms with Gasteiger partial charge in [0.1, 0.15) is 11.5 Å². The van der Waals surface area contributed by atoms with Crippen molar-refractivity contribution < 1.29 is 29.3 Å². The van der Waals surface area contributed by atoms with Crippen molar-refractivity contribution in [3.8, 4) is 5.75 Å². The van der Waals surface area contributed by atoms with Crippen molar-refractivity contribution in [1.29, 1.82) is 0 Å². The first kappa shape index (κ1) is 26.1. The second-order valence-electron chi connectivity index (χ2n) is 9.28. The van der Waals surface area contributed by atoms with Gasteiger partial charge in [-0.15, -0.1) is 0 Å². The summed E-state index contributed by atoms with van der Waals surface area (Å²) in [6.07, 6.45) is 3.10. The van der Waals surface area contributed by atoms with Crippen LogP contribution in [0, 0.1) is 0 Å². The quantitative estimate of drug-likeness (QED) is 0.177. The summed E-state index contributed by atoms with van der Waals surface area (Å²) in [7, 11) is 0. The van der Waals surface area contributed by atoms with Gasteiger partial charge in [0.2, 0.25) is 0 Å². The number of nitrogens with zero attached hydrogens (tertiary/aromatic N) is 3. The number of carboxylic acid groups (broad SMARTS) is 1. The first-order valence-electron chi connectivity index (χ1n) is 12.3. The molecule has 1 unspecified atom stereocenters. The fourth-order valence-corrected chi connectivity index (χ4v) is 5.65. The molecule has 39 heavy (non-hydrogen) atoms. The number of carbonyl (C=O) groups is 3. The van der Waals surface area contributed by atoms with Crippen molar-refractivity contribution in [2.45, 2.75) is 32.7 Å². The van der Waals surface area contributed by atoms with Crippen LogP contribution in [-0.4, -0.2) is 44.4 Å². The molecule has 0 aliphatic carbocycles. The lowest BCUT2D eigenvalue weighted by Gasteiger charge is -2.22. The minimum atomic E-state index is -1.08. The SMILES string of the molecule is CCOc1ccc(/C(O)=C2\C(=O)C(=O)N(c3nc4ccc(C(=O)O)cc4s3)C2c2cccnc2)cc1C(C)C. The molecule has 9 nitrogen and oxygen atoms in total. The van der Waals surface area contributed by atoms with Crippen LogP contribution in [0.2, 0.25) is 0 Å². The molecule has 4 aromatic rings. The lowest BCUT2D eigenvalue weighted by atomic mass is 9.94. The third-order valence-electron chi connectivity index (χ3n) is 6.48. The number of aliphatic hydroxyl groups excluding tert-OH is 1. The number of rotatable bonds is 7. The molecule has 3 heterocycles. The molecule has 0 radical (unpaired) electrons. The molecule has 0 bridgehead atoms. The molecule has 0 spiro atoms. The van der Waals surface area contributed by atoms with E-state index in [-0.39, 0.29) is 27.9 Å². The number of anilines is 1. The van der Waals surface area contributed by atoms with E-state index in [1.807, 2.05) is 20.8 Å². The van der Waals surface area contributed by atoms with Crippen LogP contribution in [0.4, 0.5) is 5.13 Å². The highest BCUT2D eigenvalue weighted by Crippen LogP contribution is 2.44. The van der Waals surface area contributed by atoms with E-state index in [2.05, 4.69) is 9.97 Å². The van der Waals surface area contributed by atoms with Gasteiger partial charge in [0.15, 0.2) is 5.13 Å². The number of fused-ring (bicyclic) bond motifs is 1. The second kappa shape index (κ2) is 10.3. The number of ether oxygens (including phenoxy) is 1. The first-order chi connectivity index (χ1) is 18.7. The third kappa shape index (κ3) is 4.63. The molecule has 1 aliphatic rings. The van der Waals surface area contributed by atoms with Crippen LogP contribution >= 0.6 is 11.3 Å². The molecule has 10 heteroatoms. The molecule has 2 aromatic carbocycles. The number of aromatic carboxylic acids is 1. The van der Waals surface area contributed by atoms with Crippen molar-refractivity contribution >= 4 is 50.1 Å². The standard InChI is InChI=1S/C29H25N3O6S/c1-4-38-21-10-8-16(12-19(21)15(2)3)25(33)23-24(18-6-5-11-30-14-18)32(27(35)26(23)34)29-31-20-9-7-17(28(36)37)13-22(20)39-29/h5-15,24,33H,4H2,1-3H3,(H,36,37)/b25-23+. The Balaban J connectivity index is 1.69. The summed E-state index contributed by atoms with van der Waals surface area (Å²) in [5, 5.41) is 21.1. The van der Waals surface area contributed by atoms with E-state index >= 15 is 0 Å². The van der Waals surface area contributed by atoms with Crippen LogP contribution in [-0.2, 0) is 9.59 Å². The molecule has 198 valence electrons. The number of aromatic nitrogens is 2. The molecule has 1 aliphatic heterocycles. The highest BCUT2D eigenvalue weighted by Gasteiger charge is 2.48. The Labute approximate surface area is 228 Å². The van der Waals surface area contributed by atoms with Crippen LogP contribution < -0.4 is 9.64 Å². The summed E-state index contributed by atoms with van der Waals surface area (Å²) in [6, 6.07) is 12.0. The Morgan fingerprint density at radius 2 is 1.87 bits per heavy atom. The Morgan fingerprint density at radius 3 is 2.54 bits per heavy atom. The number of carbonyl (C=O) groups excluding carboxylic acids is 2. The van der Waals surface area contributed by atoms with E-state index in [0.29, 0.717) is 33.7 Å². The fraction of sp³-hybridized carbons (Fsp3) is 0.207. The molecule has 2 N–H and O–H groups in total.